The van der Waals surface area contributed by atoms with Crippen molar-refractivity contribution in [2.45, 2.75) is 152 Å². The van der Waals surface area contributed by atoms with Gasteiger partial charge in [-0.05, 0) is 151 Å². The van der Waals surface area contributed by atoms with Gasteiger partial charge in [-0.2, -0.15) is 0 Å². The van der Waals surface area contributed by atoms with Crippen LogP contribution in [-0.2, 0) is 0 Å². The SMILES string of the molecule is c1cc2c3ccc(C4CCCCC4)cc3c3c4cc(C5CCCCC5)ccc4c4ccc(C5CCCCC5)cc4c3c2cc1C1CCCCC1. The average molecular weight is 657 g/mol. The Morgan fingerprint density at radius 1 is 0.240 bits per heavy atom. The fraction of sp³-hybridized carbons (Fsp3) is 0.480. The summed E-state index contributed by atoms with van der Waals surface area (Å²) in [4.78, 5) is 0. The van der Waals surface area contributed by atoms with Crippen LogP contribution < -0.4 is 0 Å². The molecule has 4 fully saturated rings. The first-order valence-electron chi connectivity index (χ1n) is 21.1. The first-order valence-corrected chi connectivity index (χ1v) is 21.1. The van der Waals surface area contributed by atoms with Crippen LogP contribution >= 0.6 is 0 Å². The van der Waals surface area contributed by atoms with Crippen LogP contribution in [0.25, 0.3) is 53.9 Å². The number of hydrogen-bond donors (Lipinski definition) is 0. The first kappa shape index (κ1) is 31.4. The van der Waals surface area contributed by atoms with Crippen molar-refractivity contribution < 1.29 is 0 Å². The van der Waals surface area contributed by atoms with Crippen LogP contribution in [-0.4, -0.2) is 0 Å². The largest absolute Gasteiger partial charge is 0.0581 e. The molecular formula is C50H56. The summed E-state index contributed by atoms with van der Waals surface area (Å²) >= 11 is 0. The maximum atomic E-state index is 2.69. The van der Waals surface area contributed by atoms with E-state index in [1.54, 1.807) is 33.0 Å². The molecule has 0 amide bonds. The third-order valence-corrected chi connectivity index (χ3v) is 14.4. The molecule has 0 nitrogen and oxygen atoms in total. The van der Waals surface area contributed by atoms with E-state index in [-0.39, 0.29) is 0 Å². The summed E-state index contributed by atoms with van der Waals surface area (Å²) in [5, 5.41) is 15.0. The van der Waals surface area contributed by atoms with Gasteiger partial charge in [0, 0.05) is 0 Å². The number of rotatable bonds is 4. The predicted molar refractivity (Wildman–Crippen MR) is 217 cm³/mol. The molecule has 0 unspecified atom stereocenters. The lowest BCUT2D eigenvalue weighted by atomic mass is 9.78. The topological polar surface area (TPSA) is 0 Å². The van der Waals surface area contributed by atoms with Crippen molar-refractivity contribution in [3.63, 3.8) is 0 Å². The van der Waals surface area contributed by atoms with Crippen molar-refractivity contribution in [3.05, 3.63) is 95.1 Å². The molecule has 0 atom stereocenters. The van der Waals surface area contributed by atoms with Crippen LogP contribution in [0, 0.1) is 0 Å². The Morgan fingerprint density at radius 2 is 0.460 bits per heavy atom. The molecule has 4 aliphatic rings. The van der Waals surface area contributed by atoms with Gasteiger partial charge >= 0.3 is 0 Å². The summed E-state index contributed by atoms with van der Waals surface area (Å²) < 4.78 is 0. The zero-order valence-corrected chi connectivity index (χ0v) is 30.4. The van der Waals surface area contributed by atoms with Gasteiger partial charge in [-0.15, -0.1) is 0 Å². The van der Waals surface area contributed by atoms with E-state index < -0.39 is 0 Å². The molecule has 6 aromatic rings. The lowest BCUT2D eigenvalue weighted by Crippen LogP contribution is -2.06. The Balaban J connectivity index is 1.34. The van der Waals surface area contributed by atoms with Crippen molar-refractivity contribution in [3.8, 4) is 0 Å². The second-order valence-corrected chi connectivity index (χ2v) is 17.3. The lowest BCUT2D eigenvalue weighted by Gasteiger charge is -2.26. The molecule has 0 saturated heterocycles. The van der Waals surface area contributed by atoms with Gasteiger partial charge in [-0.3, -0.25) is 0 Å². The van der Waals surface area contributed by atoms with Crippen LogP contribution in [0.4, 0.5) is 0 Å². The molecule has 0 heteroatoms. The van der Waals surface area contributed by atoms with E-state index in [0.717, 1.165) is 0 Å². The van der Waals surface area contributed by atoms with E-state index in [0.29, 0.717) is 23.7 Å². The van der Waals surface area contributed by atoms with Crippen LogP contribution in [0.1, 0.15) is 174 Å². The Labute approximate surface area is 300 Å². The summed E-state index contributed by atoms with van der Waals surface area (Å²) in [7, 11) is 0. The first-order chi connectivity index (χ1) is 24.8. The fourth-order valence-electron chi connectivity index (χ4n) is 11.6. The highest BCUT2D eigenvalue weighted by molar-refractivity contribution is 6.39. The minimum atomic E-state index is 0.704. The lowest BCUT2D eigenvalue weighted by molar-refractivity contribution is 0.444. The molecule has 0 heterocycles. The summed E-state index contributed by atoms with van der Waals surface area (Å²) in [6.45, 7) is 0. The fourth-order valence-corrected chi connectivity index (χ4v) is 11.6. The summed E-state index contributed by atoms with van der Waals surface area (Å²) in [5.74, 6) is 2.81. The third kappa shape index (κ3) is 5.47. The zero-order chi connectivity index (χ0) is 33.0. The van der Waals surface area contributed by atoms with E-state index in [4.69, 9.17) is 0 Å². The highest BCUT2D eigenvalue weighted by Crippen LogP contribution is 2.48. The van der Waals surface area contributed by atoms with Crippen molar-refractivity contribution in [2.75, 3.05) is 0 Å². The van der Waals surface area contributed by atoms with Crippen molar-refractivity contribution >= 4 is 53.9 Å². The summed E-state index contributed by atoms with van der Waals surface area (Å²) in [6, 6.07) is 31.0. The van der Waals surface area contributed by atoms with E-state index in [1.807, 2.05) is 0 Å². The van der Waals surface area contributed by atoms with Gasteiger partial charge in [-0.1, -0.05) is 150 Å². The molecule has 256 valence electrons. The van der Waals surface area contributed by atoms with E-state index >= 15 is 0 Å². The highest BCUT2D eigenvalue weighted by atomic mass is 14.3. The Kier molecular flexibility index (Phi) is 8.35. The van der Waals surface area contributed by atoms with Crippen molar-refractivity contribution in [1.82, 2.24) is 0 Å². The van der Waals surface area contributed by atoms with Crippen molar-refractivity contribution in [1.29, 1.82) is 0 Å². The van der Waals surface area contributed by atoms with Gasteiger partial charge in [0.15, 0.2) is 0 Å². The molecule has 0 spiro atoms. The maximum absolute atomic E-state index is 2.69. The average Bonchev–Trinajstić information content (AvgIpc) is 3.21. The molecule has 50 heavy (non-hydrogen) atoms. The predicted octanol–water partition coefficient (Wildman–Crippen LogP) is 15.6. The van der Waals surface area contributed by atoms with Gasteiger partial charge in [0.05, 0.1) is 0 Å². The molecule has 10 rings (SSSR count). The highest BCUT2D eigenvalue weighted by Gasteiger charge is 2.24. The standard InChI is InChI=1S/C50H56/c1-5-13-33(14-6-1)37-21-25-41-42-26-22-39(35-17-9-3-10-18-35)31-47(42)50-48-32-40(36-19-11-4-12-20-36)24-28-44(48)43-27-23-38(34-15-7-2-8-16-34)30-46(43)49(50)45(41)29-37/h21-36H,1-20H2. The Hall–Kier alpha value is -3.38. The molecule has 0 bridgehead atoms. The molecule has 4 aliphatic carbocycles. The summed E-state index contributed by atoms with van der Waals surface area (Å²) in [5.41, 5.74) is 6.35. The zero-order valence-electron chi connectivity index (χ0n) is 30.4. The number of hydrogen-bond acceptors (Lipinski definition) is 0. The molecule has 4 saturated carbocycles. The third-order valence-electron chi connectivity index (χ3n) is 14.4. The monoisotopic (exact) mass is 656 g/mol. The van der Waals surface area contributed by atoms with Gasteiger partial charge < -0.3 is 0 Å². The molecule has 0 radical (unpaired) electrons. The second kappa shape index (κ2) is 13.3. The Bertz CT molecular complexity index is 1880. The normalized spacial score (nSPS) is 20.9. The van der Waals surface area contributed by atoms with E-state index in [2.05, 4.69) is 72.8 Å². The van der Waals surface area contributed by atoms with Gasteiger partial charge in [0.1, 0.15) is 0 Å². The second-order valence-electron chi connectivity index (χ2n) is 17.3. The molecule has 0 aromatic heterocycles. The van der Waals surface area contributed by atoms with E-state index in [1.165, 1.54) is 172 Å². The van der Waals surface area contributed by atoms with Crippen LogP contribution in [0.3, 0.4) is 0 Å². The maximum Gasteiger partial charge on any atom is -0.00137 e. The summed E-state index contributed by atoms with van der Waals surface area (Å²) in [6.07, 6.45) is 27.5. The van der Waals surface area contributed by atoms with Crippen LogP contribution in [0.5, 0.6) is 0 Å². The van der Waals surface area contributed by atoms with Gasteiger partial charge in [0.2, 0.25) is 0 Å². The van der Waals surface area contributed by atoms with Gasteiger partial charge in [-0.25, -0.2) is 0 Å². The minimum Gasteiger partial charge on any atom is -0.0581 e. The smallest absolute Gasteiger partial charge is 0.00137 e. The minimum absolute atomic E-state index is 0.704. The van der Waals surface area contributed by atoms with Gasteiger partial charge in [0.25, 0.3) is 0 Å². The molecule has 0 aliphatic heterocycles. The molecular weight excluding hydrogens is 601 g/mol. The molecule has 6 aromatic carbocycles. The van der Waals surface area contributed by atoms with E-state index in [9.17, 15) is 0 Å². The number of benzene rings is 6. The number of fused-ring (bicyclic) bond motifs is 11. The van der Waals surface area contributed by atoms with Crippen molar-refractivity contribution in [2.24, 2.45) is 0 Å². The Morgan fingerprint density at radius 3 is 0.680 bits per heavy atom. The van der Waals surface area contributed by atoms with Crippen LogP contribution in [0.15, 0.2) is 72.8 Å². The quantitative estimate of drug-likeness (QED) is 0.166. The van der Waals surface area contributed by atoms with Crippen LogP contribution in [0.2, 0.25) is 0 Å². The molecule has 0 N–H and O–H groups in total.